The molecule has 0 aromatic heterocycles. The lowest BCUT2D eigenvalue weighted by Gasteiger charge is -2.46. The summed E-state index contributed by atoms with van der Waals surface area (Å²) in [5, 5.41) is 0. The Morgan fingerprint density at radius 2 is 1.80 bits per heavy atom. The quantitative estimate of drug-likeness (QED) is 0.513. The predicted molar refractivity (Wildman–Crippen MR) is 103 cm³/mol. The molecule has 0 spiro atoms. The van der Waals surface area contributed by atoms with Crippen LogP contribution in [0.2, 0.25) is 0 Å². The van der Waals surface area contributed by atoms with Gasteiger partial charge in [-0.3, -0.25) is 9.59 Å². The van der Waals surface area contributed by atoms with E-state index in [4.69, 9.17) is 18.9 Å². The Morgan fingerprint density at radius 1 is 1.07 bits per heavy atom. The van der Waals surface area contributed by atoms with E-state index in [1.807, 2.05) is 6.07 Å². The topological polar surface area (TPSA) is 97.4 Å². The number of methoxy groups -OCH3 is 4. The molecule has 0 N–H and O–H groups in total. The van der Waals surface area contributed by atoms with Gasteiger partial charge in [-0.05, 0) is 23.3 Å². The third kappa shape index (κ3) is 2.67. The van der Waals surface area contributed by atoms with Gasteiger partial charge in [-0.15, -0.1) is 0 Å². The van der Waals surface area contributed by atoms with Crippen LogP contribution in [0.25, 0.3) is 0 Å². The molecular formula is C22H22O8. The van der Waals surface area contributed by atoms with Crippen molar-refractivity contribution < 1.29 is 38.1 Å². The van der Waals surface area contributed by atoms with Crippen LogP contribution in [0.15, 0.2) is 42.0 Å². The predicted octanol–water partition coefficient (Wildman–Crippen LogP) is 1.79. The van der Waals surface area contributed by atoms with Crippen molar-refractivity contribution in [3.05, 3.63) is 47.6 Å². The molecule has 0 unspecified atom stereocenters. The van der Waals surface area contributed by atoms with E-state index in [1.54, 1.807) is 24.3 Å². The molecule has 4 bridgehead atoms. The number of carbonyl (C=O) groups excluding carboxylic acids is 3. The summed E-state index contributed by atoms with van der Waals surface area (Å²) in [6, 6.07) is 5.33. The summed E-state index contributed by atoms with van der Waals surface area (Å²) in [6.07, 6.45) is 4.60. The Labute approximate surface area is 173 Å². The van der Waals surface area contributed by atoms with Crippen LogP contribution in [-0.2, 0) is 28.6 Å². The van der Waals surface area contributed by atoms with Crippen molar-refractivity contribution in [1.29, 1.82) is 0 Å². The molecule has 3 aliphatic carbocycles. The molecule has 1 heterocycles. The third-order valence-corrected chi connectivity index (χ3v) is 6.15. The van der Waals surface area contributed by atoms with Gasteiger partial charge in [-0.2, -0.15) is 0 Å². The second-order valence-corrected chi connectivity index (χ2v) is 7.35. The Kier molecular flexibility index (Phi) is 4.89. The molecule has 8 heteroatoms. The Bertz CT molecular complexity index is 977. The number of ether oxygens (including phenoxy) is 5. The standard InChI is InChI=1S/C22H22O8/c1-26-14-7-5-11(10-15(14)27-2)17-13-9-12(6-8-16(23)28-3)19-18(17)21(25)30-22(19,29-4)20(13)24/h5-10,13,17-19H,1-4H3/b8-6+/t13-,17+,18-,19+,22-/m1/s1. The van der Waals surface area contributed by atoms with Gasteiger partial charge in [0.25, 0.3) is 5.79 Å². The van der Waals surface area contributed by atoms with Crippen molar-refractivity contribution in [3.8, 4) is 11.5 Å². The molecule has 5 rings (SSSR count). The van der Waals surface area contributed by atoms with E-state index < -0.39 is 41.4 Å². The lowest BCUT2D eigenvalue weighted by atomic mass is 9.56. The molecule has 1 aliphatic heterocycles. The first-order chi connectivity index (χ1) is 14.4. The second kappa shape index (κ2) is 7.28. The van der Waals surface area contributed by atoms with E-state index in [9.17, 15) is 14.4 Å². The van der Waals surface area contributed by atoms with E-state index in [0.717, 1.165) is 5.56 Å². The van der Waals surface area contributed by atoms with Crippen molar-refractivity contribution >= 4 is 17.7 Å². The molecule has 30 heavy (non-hydrogen) atoms. The number of rotatable bonds is 6. The maximum atomic E-state index is 13.3. The molecule has 2 fully saturated rings. The van der Waals surface area contributed by atoms with Crippen LogP contribution < -0.4 is 9.47 Å². The molecule has 1 saturated carbocycles. The van der Waals surface area contributed by atoms with Crippen LogP contribution in [0.4, 0.5) is 0 Å². The van der Waals surface area contributed by atoms with E-state index in [0.29, 0.717) is 17.1 Å². The van der Waals surface area contributed by atoms with Crippen molar-refractivity contribution in [3.63, 3.8) is 0 Å². The van der Waals surface area contributed by atoms with Gasteiger partial charge in [-0.25, -0.2) is 4.79 Å². The minimum atomic E-state index is -1.68. The number of hydrogen-bond acceptors (Lipinski definition) is 8. The smallest absolute Gasteiger partial charge is 0.330 e. The van der Waals surface area contributed by atoms with Crippen LogP contribution in [0.5, 0.6) is 11.5 Å². The van der Waals surface area contributed by atoms with Gasteiger partial charge in [0.1, 0.15) is 0 Å². The van der Waals surface area contributed by atoms with Gasteiger partial charge in [0.2, 0.25) is 5.78 Å². The maximum Gasteiger partial charge on any atom is 0.330 e. The van der Waals surface area contributed by atoms with E-state index >= 15 is 0 Å². The summed E-state index contributed by atoms with van der Waals surface area (Å²) in [4.78, 5) is 37.8. The van der Waals surface area contributed by atoms with Gasteiger partial charge in [-0.1, -0.05) is 18.2 Å². The molecule has 0 amide bonds. The minimum absolute atomic E-state index is 0.313. The first-order valence-corrected chi connectivity index (χ1v) is 9.43. The van der Waals surface area contributed by atoms with Crippen LogP contribution in [-0.4, -0.2) is 51.9 Å². The summed E-state index contributed by atoms with van der Waals surface area (Å²) in [6.45, 7) is 0. The summed E-state index contributed by atoms with van der Waals surface area (Å²) in [5.41, 5.74) is 1.40. The monoisotopic (exact) mass is 414 g/mol. The van der Waals surface area contributed by atoms with Crippen LogP contribution in [0, 0.1) is 17.8 Å². The number of esters is 2. The van der Waals surface area contributed by atoms with E-state index in [-0.39, 0.29) is 5.78 Å². The second-order valence-electron chi connectivity index (χ2n) is 7.35. The molecule has 1 aromatic rings. The van der Waals surface area contributed by atoms with Crippen molar-refractivity contribution in [2.75, 3.05) is 28.4 Å². The summed E-state index contributed by atoms with van der Waals surface area (Å²) >= 11 is 0. The lowest BCUT2D eigenvalue weighted by molar-refractivity contribution is -0.217. The molecule has 1 saturated heterocycles. The van der Waals surface area contributed by atoms with Gasteiger partial charge in [0, 0.05) is 19.1 Å². The first-order valence-electron chi connectivity index (χ1n) is 9.43. The highest BCUT2D eigenvalue weighted by atomic mass is 16.7. The highest BCUT2D eigenvalue weighted by molar-refractivity contribution is 6.01. The zero-order chi connectivity index (χ0) is 21.6. The number of carbonyl (C=O) groups is 3. The number of benzene rings is 1. The molecule has 5 atom stereocenters. The number of allylic oxidation sites excluding steroid dienone is 2. The average Bonchev–Trinajstić information content (AvgIpc) is 3.05. The molecular weight excluding hydrogens is 392 g/mol. The largest absolute Gasteiger partial charge is 0.493 e. The van der Waals surface area contributed by atoms with Crippen molar-refractivity contribution in [2.24, 2.45) is 17.8 Å². The number of hydrogen-bond donors (Lipinski definition) is 0. The highest BCUT2D eigenvalue weighted by Crippen LogP contribution is 2.61. The van der Waals surface area contributed by atoms with Crippen molar-refractivity contribution in [2.45, 2.75) is 11.7 Å². The maximum absolute atomic E-state index is 13.3. The zero-order valence-electron chi connectivity index (χ0n) is 17.0. The van der Waals surface area contributed by atoms with E-state index in [2.05, 4.69) is 4.74 Å². The van der Waals surface area contributed by atoms with Gasteiger partial charge in [0.15, 0.2) is 11.5 Å². The fraction of sp³-hybridized carbons (Fsp3) is 0.409. The first kappa shape index (κ1) is 20.2. The molecule has 1 aromatic carbocycles. The molecule has 8 nitrogen and oxygen atoms in total. The fourth-order valence-electron chi connectivity index (χ4n) is 4.88. The summed E-state index contributed by atoms with van der Waals surface area (Å²) in [7, 11) is 5.68. The minimum Gasteiger partial charge on any atom is -0.493 e. The van der Waals surface area contributed by atoms with Crippen LogP contribution in [0.1, 0.15) is 11.5 Å². The van der Waals surface area contributed by atoms with Crippen LogP contribution >= 0.6 is 0 Å². The van der Waals surface area contributed by atoms with Crippen LogP contribution in [0.3, 0.4) is 0 Å². The lowest BCUT2D eigenvalue weighted by Crippen LogP contribution is -2.58. The molecule has 158 valence electrons. The van der Waals surface area contributed by atoms with Crippen molar-refractivity contribution in [1.82, 2.24) is 0 Å². The number of ketones is 1. The van der Waals surface area contributed by atoms with E-state index in [1.165, 1.54) is 34.5 Å². The third-order valence-electron chi connectivity index (χ3n) is 6.15. The van der Waals surface area contributed by atoms with Gasteiger partial charge >= 0.3 is 11.9 Å². The normalized spacial score (nSPS) is 31.5. The molecule has 4 aliphatic rings. The van der Waals surface area contributed by atoms with Gasteiger partial charge < -0.3 is 23.7 Å². The summed E-state index contributed by atoms with van der Waals surface area (Å²) in [5.74, 6) is -4.41. The molecule has 0 radical (unpaired) electrons. The van der Waals surface area contributed by atoms with Gasteiger partial charge in [0.05, 0.1) is 39.1 Å². The highest BCUT2D eigenvalue weighted by Gasteiger charge is 2.72. The SMILES string of the molecule is COC(=O)/C=C/C1=C[C@H]2C(=O)[C@]3(OC)OC(=O)[C@H]([C@H]2c2ccc(OC)c(OC)c2)[C@H]13. The Morgan fingerprint density at radius 3 is 2.43 bits per heavy atom. The fourth-order valence-corrected chi connectivity index (χ4v) is 4.88. The Balaban J connectivity index is 1.84. The Hall–Kier alpha value is -3.13. The summed E-state index contributed by atoms with van der Waals surface area (Å²) < 4.78 is 26.3. The zero-order valence-corrected chi connectivity index (χ0v) is 17.0. The number of Topliss-reactive ketones (excluding diaryl/α,β-unsaturated/α-hetero) is 1. The average molecular weight is 414 g/mol.